The molecule has 4 N–H and O–H groups in total. The summed E-state index contributed by atoms with van der Waals surface area (Å²) in [6.45, 7) is 1.09. The van der Waals surface area contributed by atoms with Gasteiger partial charge < -0.3 is 20.6 Å². The molecule has 0 radical (unpaired) electrons. The maximum absolute atomic E-state index is 9.52. The molecule has 0 saturated heterocycles. The van der Waals surface area contributed by atoms with E-state index in [9.17, 15) is 15.3 Å². The van der Waals surface area contributed by atoms with Gasteiger partial charge in [-0.05, 0) is 23.3 Å². The number of fused-ring (bicyclic) bond motifs is 1. The molecule has 0 aliphatic carbocycles. The molecule has 1 aliphatic heterocycles. The number of halogens is 1. The summed E-state index contributed by atoms with van der Waals surface area (Å²) in [7, 11) is 0. The Morgan fingerprint density at radius 3 is 2.57 bits per heavy atom. The fourth-order valence-corrected chi connectivity index (χ4v) is 1.55. The van der Waals surface area contributed by atoms with E-state index in [0.29, 0.717) is 18.7 Å². The molecule has 0 amide bonds. The maximum atomic E-state index is 9.52. The van der Waals surface area contributed by atoms with Crippen LogP contribution in [0.25, 0.3) is 0 Å². The fourth-order valence-electron chi connectivity index (χ4n) is 1.55. The van der Waals surface area contributed by atoms with E-state index in [1.807, 2.05) is 0 Å². The van der Waals surface area contributed by atoms with Gasteiger partial charge in [0.25, 0.3) is 0 Å². The second kappa shape index (κ2) is 4.04. The zero-order chi connectivity index (χ0) is 9.42. The minimum Gasteiger partial charge on any atom is -0.504 e. The van der Waals surface area contributed by atoms with Crippen molar-refractivity contribution in [2.45, 2.75) is 12.6 Å². The van der Waals surface area contributed by atoms with Crippen molar-refractivity contribution in [2.24, 2.45) is 0 Å². The first-order valence-corrected chi connectivity index (χ1v) is 4.12. The predicted octanol–water partition coefficient (Wildman–Crippen LogP) is 0.656. The van der Waals surface area contributed by atoms with Crippen LogP contribution in [0.3, 0.4) is 0 Å². The minimum atomic E-state index is -0.602. The highest BCUT2D eigenvalue weighted by atomic mass is 35.5. The number of β-amino-alcohol motifs (C(OH)–C–C–N with tert-alkyl or cyclic N) is 1. The predicted molar refractivity (Wildman–Crippen MR) is 53.7 cm³/mol. The molecule has 1 heterocycles. The largest absolute Gasteiger partial charge is 0.504 e. The molecule has 5 heteroatoms. The summed E-state index contributed by atoms with van der Waals surface area (Å²) in [6, 6.07) is 2.89. The van der Waals surface area contributed by atoms with E-state index >= 15 is 0 Å². The van der Waals surface area contributed by atoms with Crippen molar-refractivity contribution in [3.8, 4) is 11.5 Å². The molecule has 0 saturated carbocycles. The molecule has 1 unspecified atom stereocenters. The number of phenols is 2. The van der Waals surface area contributed by atoms with Crippen molar-refractivity contribution >= 4 is 12.4 Å². The lowest BCUT2D eigenvalue weighted by molar-refractivity contribution is 0.164. The van der Waals surface area contributed by atoms with Gasteiger partial charge in [-0.15, -0.1) is 12.4 Å². The van der Waals surface area contributed by atoms with Gasteiger partial charge in [0.1, 0.15) is 0 Å². The van der Waals surface area contributed by atoms with Gasteiger partial charge in [0.2, 0.25) is 0 Å². The lowest BCUT2D eigenvalue weighted by Crippen LogP contribution is -2.27. The second-order valence-corrected chi connectivity index (χ2v) is 3.19. The molecule has 1 aromatic carbocycles. The van der Waals surface area contributed by atoms with Crippen molar-refractivity contribution in [1.29, 1.82) is 0 Å². The molecule has 0 aromatic heterocycles. The molecule has 1 atom stereocenters. The highest BCUT2D eigenvalue weighted by Gasteiger charge is 2.19. The van der Waals surface area contributed by atoms with Crippen LogP contribution in [-0.4, -0.2) is 21.9 Å². The molecule has 0 spiro atoms. The van der Waals surface area contributed by atoms with Gasteiger partial charge in [-0.1, -0.05) is 0 Å². The topological polar surface area (TPSA) is 72.7 Å². The van der Waals surface area contributed by atoms with Crippen LogP contribution in [0.2, 0.25) is 0 Å². The second-order valence-electron chi connectivity index (χ2n) is 3.19. The molecular weight excluding hydrogens is 206 g/mol. The number of hydrogen-bond acceptors (Lipinski definition) is 4. The van der Waals surface area contributed by atoms with Crippen LogP contribution < -0.4 is 5.32 Å². The third-order valence-corrected chi connectivity index (χ3v) is 2.25. The standard InChI is InChI=1S/C9H11NO3.ClH/c11-7-1-5-3-10-4-9(13)6(5)2-8(7)12;/h1-2,9-13H,3-4H2;1H. The monoisotopic (exact) mass is 217 g/mol. The first-order chi connectivity index (χ1) is 6.18. The quantitative estimate of drug-likeness (QED) is 0.482. The Bertz CT molecular complexity index is 343. The molecule has 1 aromatic rings. The molecule has 78 valence electrons. The molecule has 2 rings (SSSR count). The minimum absolute atomic E-state index is 0. The van der Waals surface area contributed by atoms with Crippen LogP contribution in [-0.2, 0) is 6.54 Å². The Kier molecular flexibility index (Phi) is 3.21. The Hall–Kier alpha value is -0.970. The first-order valence-electron chi connectivity index (χ1n) is 4.12. The van der Waals surface area contributed by atoms with E-state index in [1.165, 1.54) is 12.1 Å². The summed E-state index contributed by atoms with van der Waals surface area (Å²) in [6.07, 6.45) is -0.602. The van der Waals surface area contributed by atoms with Crippen LogP contribution in [0.15, 0.2) is 12.1 Å². The average Bonchev–Trinajstić information content (AvgIpc) is 2.09. The van der Waals surface area contributed by atoms with Crippen LogP contribution in [0.1, 0.15) is 17.2 Å². The lowest BCUT2D eigenvalue weighted by Gasteiger charge is -2.22. The van der Waals surface area contributed by atoms with Crippen molar-refractivity contribution in [3.63, 3.8) is 0 Å². The van der Waals surface area contributed by atoms with Gasteiger partial charge in [-0.2, -0.15) is 0 Å². The van der Waals surface area contributed by atoms with E-state index in [1.54, 1.807) is 0 Å². The third-order valence-electron chi connectivity index (χ3n) is 2.25. The van der Waals surface area contributed by atoms with Crippen molar-refractivity contribution < 1.29 is 15.3 Å². The Labute approximate surface area is 87.6 Å². The van der Waals surface area contributed by atoms with Gasteiger partial charge in [-0.25, -0.2) is 0 Å². The van der Waals surface area contributed by atoms with E-state index < -0.39 is 6.10 Å². The van der Waals surface area contributed by atoms with Crippen molar-refractivity contribution in [3.05, 3.63) is 23.3 Å². The normalized spacial score (nSPS) is 19.6. The number of hydrogen-bond donors (Lipinski definition) is 4. The van der Waals surface area contributed by atoms with E-state index in [0.717, 1.165) is 5.56 Å². The van der Waals surface area contributed by atoms with Crippen LogP contribution in [0.5, 0.6) is 11.5 Å². The Morgan fingerprint density at radius 2 is 1.86 bits per heavy atom. The highest BCUT2D eigenvalue weighted by molar-refractivity contribution is 5.85. The number of aromatic hydroxyl groups is 2. The SMILES string of the molecule is Cl.Oc1cc2c(cc1O)C(O)CNC2. The highest BCUT2D eigenvalue weighted by Crippen LogP contribution is 2.32. The smallest absolute Gasteiger partial charge is 0.157 e. The van der Waals surface area contributed by atoms with Gasteiger partial charge in [0.15, 0.2) is 11.5 Å². The number of aliphatic hydroxyl groups excluding tert-OH is 1. The van der Waals surface area contributed by atoms with Crippen LogP contribution in [0, 0.1) is 0 Å². The van der Waals surface area contributed by atoms with Crippen LogP contribution in [0.4, 0.5) is 0 Å². The third kappa shape index (κ3) is 1.77. The zero-order valence-electron chi connectivity index (χ0n) is 7.40. The fraction of sp³-hybridized carbons (Fsp3) is 0.333. The number of phenolic OH excluding ortho intramolecular Hbond substituents is 2. The number of aliphatic hydroxyl groups is 1. The summed E-state index contributed by atoms with van der Waals surface area (Å²) in [5.41, 5.74) is 1.52. The first kappa shape index (κ1) is 11.1. The summed E-state index contributed by atoms with van der Waals surface area (Å²) < 4.78 is 0. The van der Waals surface area contributed by atoms with Gasteiger partial charge in [-0.3, -0.25) is 0 Å². The molecule has 0 bridgehead atoms. The van der Waals surface area contributed by atoms with E-state index in [4.69, 9.17) is 0 Å². The molecule has 14 heavy (non-hydrogen) atoms. The molecule has 4 nitrogen and oxygen atoms in total. The van der Waals surface area contributed by atoms with Crippen LogP contribution >= 0.6 is 12.4 Å². The number of nitrogens with one attached hydrogen (secondary N) is 1. The summed E-state index contributed by atoms with van der Waals surface area (Å²) in [5.74, 6) is -0.325. The zero-order valence-corrected chi connectivity index (χ0v) is 8.21. The summed E-state index contributed by atoms with van der Waals surface area (Å²) in [4.78, 5) is 0. The summed E-state index contributed by atoms with van der Waals surface area (Å²) in [5, 5.41) is 30.9. The van der Waals surface area contributed by atoms with Gasteiger partial charge in [0, 0.05) is 13.1 Å². The lowest BCUT2D eigenvalue weighted by atomic mass is 9.98. The Balaban J connectivity index is 0.000000980. The maximum Gasteiger partial charge on any atom is 0.157 e. The molecule has 0 fully saturated rings. The molecular formula is C9H12ClNO3. The van der Waals surface area contributed by atoms with Gasteiger partial charge >= 0.3 is 0 Å². The van der Waals surface area contributed by atoms with E-state index in [2.05, 4.69) is 5.32 Å². The van der Waals surface area contributed by atoms with Gasteiger partial charge in [0.05, 0.1) is 6.10 Å². The summed E-state index contributed by atoms with van der Waals surface area (Å²) >= 11 is 0. The van der Waals surface area contributed by atoms with Crippen molar-refractivity contribution in [1.82, 2.24) is 5.32 Å². The van der Waals surface area contributed by atoms with E-state index in [-0.39, 0.29) is 23.9 Å². The Morgan fingerprint density at radius 1 is 1.21 bits per heavy atom. The number of rotatable bonds is 0. The number of benzene rings is 1. The van der Waals surface area contributed by atoms with Crippen molar-refractivity contribution in [2.75, 3.05) is 6.54 Å². The average molecular weight is 218 g/mol. The molecule has 1 aliphatic rings.